The maximum absolute atomic E-state index is 12.8. The van der Waals surface area contributed by atoms with E-state index in [0.29, 0.717) is 24.5 Å². The van der Waals surface area contributed by atoms with Gasteiger partial charge in [0.2, 0.25) is 0 Å². The molecule has 1 aliphatic rings. The Bertz CT molecular complexity index is 1160. The standard InChI is InChI=1S/C26H22BrNO3S/c1-18-7-9-20(10-8-18)17-31-23-12-11-21(15-22(23)27)16-24-25(29)28(26(30)32-24)14-13-19-5-3-2-4-6-19/h2-12,15-16H,13-14,17H2,1H3/b24-16-. The Morgan fingerprint density at radius 3 is 2.44 bits per heavy atom. The van der Waals surface area contributed by atoms with Crippen molar-refractivity contribution in [2.75, 3.05) is 6.54 Å². The highest BCUT2D eigenvalue weighted by Gasteiger charge is 2.34. The largest absolute Gasteiger partial charge is 0.488 e. The van der Waals surface area contributed by atoms with E-state index in [2.05, 4.69) is 35.0 Å². The minimum atomic E-state index is -0.244. The number of carbonyl (C=O) groups is 2. The van der Waals surface area contributed by atoms with Crippen LogP contribution < -0.4 is 4.74 Å². The summed E-state index contributed by atoms with van der Waals surface area (Å²) in [5.41, 5.74) is 4.23. The molecule has 4 rings (SSSR count). The van der Waals surface area contributed by atoms with Crippen LogP contribution in [0, 0.1) is 6.92 Å². The van der Waals surface area contributed by atoms with Gasteiger partial charge in [0, 0.05) is 6.54 Å². The van der Waals surface area contributed by atoms with Crippen LogP contribution in [0.2, 0.25) is 0 Å². The Balaban J connectivity index is 1.40. The minimum absolute atomic E-state index is 0.228. The topological polar surface area (TPSA) is 46.6 Å². The van der Waals surface area contributed by atoms with Gasteiger partial charge in [-0.2, -0.15) is 0 Å². The molecule has 162 valence electrons. The molecule has 1 aliphatic heterocycles. The first kappa shape index (κ1) is 22.4. The van der Waals surface area contributed by atoms with Gasteiger partial charge in [0.15, 0.2) is 0 Å². The highest BCUT2D eigenvalue weighted by atomic mass is 79.9. The van der Waals surface area contributed by atoms with Crippen molar-refractivity contribution in [3.63, 3.8) is 0 Å². The summed E-state index contributed by atoms with van der Waals surface area (Å²) in [4.78, 5) is 26.9. The third kappa shape index (κ3) is 5.50. The molecule has 0 aliphatic carbocycles. The first-order chi connectivity index (χ1) is 15.5. The van der Waals surface area contributed by atoms with Crippen LogP contribution in [-0.4, -0.2) is 22.6 Å². The van der Waals surface area contributed by atoms with E-state index in [1.54, 1.807) is 6.08 Å². The molecule has 0 aromatic heterocycles. The molecule has 0 spiro atoms. The number of carbonyl (C=O) groups excluding carboxylic acids is 2. The van der Waals surface area contributed by atoms with Crippen LogP contribution in [0.1, 0.15) is 22.3 Å². The van der Waals surface area contributed by atoms with Crippen LogP contribution in [0.5, 0.6) is 5.75 Å². The van der Waals surface area contributed by atoms with Crippen molar-refractivity contribution >= 4 is 44.9 Å². The van der Waals surface area contributed by atoms with Crippen molar-refractivity contribution in [2.45, 2.75) is 20.0 Å². The molecule has 0 unspecified atom stereocenters. The summed E-state index contributed by atoms with van der Waals surface area (Å²) < 4.78 is 6.71. The van der Waals surface area contributed by atoms with Gasteiger partial charge in [0.25, 0.3) is 11.1 Å². The number of ether oxygens (including phenoxy) is 1. The minimum Gasteiger partial charge on any atom is -0.488 e. The third-order valence-corrected chi connectivity index (χ3v) is 6.64. The van der Waals surface area contributed by atoms with Crippen molar-refractivity contribution in [1.82, 2.24) is 4.90 Å². The molecule has 3 aromatic carbocycles. The number of hydrogen-bond acceptors (Lipinski definition) is 4. The summed E-state index contributed by atoms with van der Waals surface area (Å²) in [6.07, 6.45) is 2.40. The average molecular weight is 508 g/mol. The highest BCUT2D eigenvalue weighted by Crippen LogP contribution is 2.34. The SMILES string of the molecule is Cc1ccc(COc2ccc(/C=C3\SC(=O)N(CCc4ccccc4)C3=O)cc2Br)cc1. The summed E-state index contributed by atoms with van der Waals surface area (Å²) in [6, 6.07) is 23.7. The predicted octanol–water partition coefficient (Wildman–Crippen LogP) is 6.62. The van der Waals surface area contributed by atoms with E-state index < -0.39 is 0 Å². The van der Waals surface area contributed by atoms with Gasteiger partial charge in [-0.15, -0.1) is 0 Å². The molecular formula is C26H22BrNO3S. The second kappa shape index (κ2) is 10.2. The second-order valence-corrected chi connectivity index (χ2v) is 9.38. The molecule has 1 fully saturated rings. The lowest BCUT2D eigenvalue weighted by Crippen LogP contribution is -2.30. The highest BCUT2D eigenvalue weighted by molar-refractivity contribution is 9.10. The Morgan fingerprint density at radius 2 is 1.72 bits per heavy atom. The van der Waals surface area contributed by atoms with Crippen LogP contribution in [0.15, 0.2) is 82.2 Å². The molecule has 0 bridgehead atoms. The summed E-state index contributed by atoms with van der Waals surface area (Å²) in [7, 11) is 0. The van der Waals surface area contributed by atoms with Crippen LogP contribution in [0.25, 0.3) is 6.08 Å². The fraction of sp³-hybridized carbons (Fsp3) is 0.154. The molecule has 32 heavy (non-hydrogen) atoms. The van der Waals surface area contributed by atoms with Crippen molar-refractivity contribution < 1.29 is 14.3 Å². The van der Waals surface area contributed by atoms with E-state index in [9.17, 15) is 9.59 Å². The first-order valence-electron chi connectivity index (χ1n) is 10.3. The van der Waals surface area contributed by atoms with E-state index in [4.69, 9.17) is 4.74 Å². The molecule has 3 aromatic rings. The number of benzene rings is 3. The van der Waals surface area contributed by atoms with Crippen molar-refractivity contribution in [1.29, 1.82) is 0 Å². The van der Waals surface area contributed by atoms with Crippen LogP contribution in [0.4, 0.5) is 4.79 Å². The normalized spacial score (nSPS) is 14.9. The zero-order valence-electron chi connectivity index (χ0n) is 17.6. The van der Waals surface area contributed by atoms with Gasteiger partial charge in [-0.25, -0.2) is 0 Å². The lowest BCUT2D eigenvalue weighted by Gasteiger charge is -2.12. The first-order valence-corrected chi connectivity index (χ1v) is 11.9. The second-order valence-electron chi connectivity index (χ2n) is 7.53. The molecule has 1 heterocycles. The number of imide groups is 1. The van der Waals surface area contributed by atoms with Gasteiger partial charge in [-0.3, -0.25) is 14.5 Å². The lowest BCUT2D eigenvalue weighted by molar-refractivity contribution is -0.122. The Labute approximate surface area is 200 Å². The summed E-state index contributed by atoms with van der Waals surface area (Å²) in [5.74, 6) is 0.477. The molecule has 0 atom stereocenters. The van der Waals surface area contributed by atoms with Crippen LogP contribution in [0.3, 0.4) is 0 Å². The van der Waals surface area contributed by atoms with Gasteiger partial charge in [0.05, 0.1) is 9.38 Å². The number of nitrogens with zero attached hydrogens (tertiary/aromatic N) is 1. The Hall–Kier alpha value is -2.83. The van der Waals surface area contributed by atoms with Gasteiger partial charge >= 0.3 is 0 Å². The fourth-order valence-corrected chi connectivity index (χ4v) is 4.68. The summed E-state index contributed by atoms with van der Waals surface area (Å²) >= 11 is 4.53. The van der Waals surface area contributed by atoms with Crippen LogP contribution >= 0.6 is 27.7 Å². The number of amides is 2. The van der Waals surface area contributed by atoms with Gasteiger partial charge in [-0.1, -0.05) is 66.2 Å². The zero-order valence-corrected chi connectivity index (χ0v) is 20.0. The number of hydrogen-bond donors (Lipinski definition) is 0. The number of aryl methyl sites for hydroxylation is 1. The maximum atomic E-state index is 12.8. The molecule has 0 saturated carbocycles. The van der Waals surface area contributed by atoms with E-state index in [1.807, 2.05) is 60.7 Å². The molecule has 0 radical (unpaired) electrons. The lowest BCUT2D eigenvalue weighted by atomic mass is 10.1. The third-order valence-electron chi connectivity index (χ3n) is 5.11. The van der Waals surface area contributed by atoms with E-state index in [1.165, 1.54) is 10.5 Å². The fourth-order valence-electron chi connectivity index (χ4n) is 3.30. The van der Waals surface area contributed by atoms with Gasteiger partial charge in [-0.05, 0) is 75.9 Å². The molecule has 1 saturated heterocycles. The number of thioether (sulfide) groups is 1. The number of halogens is 1. The van der Waals surface area contributed by atoms with Crippen molar-refractivity contribution in [2.24, 2.45) is 0 Å². The summed E-state index contributed by atoms with van der Waals surface area (Å²) in [6.45, 7) is 2.90. The molecular weight excluding hydrogens is 486 g/mol. The molecule has 4 nitrogen and oxygen atoms in total. The molecule has 6 heteroatoms. The number of rotatable bonds is 7. The van der Waals surface area contributed by atoms with Crippen molar-refractivity contribution in [3.05, 3.63) is 104 Å². The zero-order chi connectivity index (χ0) is 22.5. The Morgan fingerprint density at radius 1 is 0.969 bits per heavy atom. The predicted molar refractivity (Wildman–Crippen MR) is 132 cm³/mol. The Kier molecular flexibility index (Phi) is 7.12. The monoisotopic (exact) mass is 507 g/mol. The van der Waals surface area contributed by atoms with Crippen molar-refractivity contribution in [3.8, 4) is 5.75 Å². The van der Waals surface area contributed by atoms with E-state index in [-0.39, 0.29) is 11.1 Å². The summed E-state index contributed by atoms with van der Waals surface area (Å²) in [5, 5.41) is -0.228. The molecule has 2 amide bonds. The van der Waals surface area contributed by atoms with E-state index >= 15 is 0 Å². The van der Waals surface area contributed by atoms with Gasteiger partial charge in [0.1, 0.15) is 12.4 Å². The smallest absolute Gasteiger partial charge is 0.293 e. The van der Waals surface area contributed by atoms with E-state index in [0.717, 1.165) is 38.7 Å². The quantitative estimate of drug-likeness (QED) is 0.337. The molecule has 0 N–H and O–H groups in total. The van der Waals surface area contributed by atoms with Crippen LogP contribution in [-0.2, 0) is 17.8 Å². The maximum Gasteiger partial charge on any atom is 0.293 e. The average Bonchev–Trinajstić information content (AvgIpc) is 3.06. The van der Waals surface area contributed by atoms with Gasteiger partial charge < -0.3 is 4.74 Å².